The molecular weight excluding hydrogens is 400 g/mol. The minimum atomic E-state index is -0.100. The highest BCUT2D eigenvalue weighted by Crippen LogP contribution is 2.43. The van der Waals surface area contributed by atoms with Gasteiger partial charge in [0.1, 0.15) is 11.4 Å². The lowest BCUT2D eigenvalue weighted by Gasteiger charge is -2.47. The number of pyridine rings is 1. The Labute approximate surface area is 190 Å². The highest BCUT2D eigenvalue weighted by atomic mass is 16.5. The molecule has 3 aliphatic rings. The molecule has 0 bridgehead atoms. The number of hydrogen-bond donors (Lipinski definition) is 1. The minimum absolute atomic E-state index is 0.0399. The molecule has 6 nitrogen and oxygen atoms in total. The quantitative estimate of drug-likeness (QED) is 0.793. The first-order valence-electron chi connectivity index (χ1n) is 11.9. The molecule has 2 saturated heterocycles. The van der Waals surface area contributed by atoms with Gasteiger partial charge in [-0.3, -0.25) is 14.7 Å². The van der Waals surface area contributed by atoms with Gasteiger partial charge in [-0.15, -0.1) is 0 Å². The zero-order chi connectivity index (χ0) is 22.3. The Balaban J connectivity index is 1.17. The predicted octanol–water partition coefficient (Wildman–Crippen LogP) is 3.90. The van der Waals surface area contributed by atoms with Crippen LogP contribution in [0.4, 0.5) is 5.69 Å². The molecule has 170 valence electrons. The number of para-hydroxylation sites is 1. The number of piperidine rings is 2. The molecule has 1 aromatic heterocycles. The summed E-state index contributed by atoms with van der Waals surface area (Å²) in [6.45, 7) is 9.15. The molecule has 1 aromatic carbocycles. The number of benzene rings is 1. The number of hydrogen-bond acceptors (Lipinski definition) is 5. The lowest BCUT2D eigenvalue weighted by Crippen LogP contribution is -2.48. The zero-order valence-electron chi connectivity index (χ0n) is 19.3. The molecule has 1 spiro atoms. The number of carbonyl (C=O) groups is 1. The molecule has 0 saturated carbocycles. The average Bonchev–Trinajstić information content (AvgIpc) is 3.11. The third-order valence-corrected chi connectivity index (χ3v) is 7.68. The first kappa shape index (κ1) is 21.3. The van der Waals surface area contributed by atoms with Gasteiger partial charge in [0.05, 0.1) is 17.4 Å². The number of rotatable bonds is 3. The van der Waals surface area contributed by atoms with E-state index in [0.717, 1.165) is 57.7 Å². The molecule has 0 aliphatic carbocycles. The molecule has 2 N–H and O–H groups in total. The molecule has 0 unspecified atom stereocenters. The summed E-state index contributed by atoms with van der Waals surface area (Å²) in [5.74, 6) is 1.15. The summed E-state index contributed by atoms with van der Waals surface area (Å²) in [4.78, 5) is 21.4. The van der Waals surface area contributed by atoms with Gasteiger partial charge in [0.15, 0.2) is 0 Å². The van der Waals surface area contributed by atoms with Crippen LogP contribution in [0.1, 0.15) is 61.0 Å². The van der Waals surface area contributed by atoms with Crippen LogP contribution < -0.4 is 10.5 Å². The SMILES string of the molecule is CC1(C)Cc2cccc(CN3CCC4(CC3)CCN(C(=O)c3ccncc3N)CC4)c2O1. The van der Waals surface area contributed by atoms with Crippen molar-refractivity contribution in [3.05, 3.63) is 53.3 Å². The topological polar surface area (TPSA) is 71.7 Å². The van der Waals surface area contributed by atoms with E-state index >= 15 is 0 Å². The maximum absolute atomic E-state index is 12.9. The van der Waals surface area contributed by atoms with Crippen molar-refractivity contribution in [1.29, 1.82) is 0 Å². The molecule has 6 heteroatoms. The van der Waals surface area contributed by atoms with Crippen molar-refractivity contribution < 1.29 is 9.53 Å². The number of aromatic nitrogens is 1. The van der Waals surface area contributed by atoms with Crippen molar-refractivity contribution >= 4 is 11.6 Å². The Hall–Kier alpha value is -2.60. The second-order valence-electron chi connectivity index (χ2n) is 10.5. The van der Waals surface area contributed by atoms with Crippen LogP contribution in [0.25, 0.3) is 0 Å². The highest BCUT2D eigenvalue weighted by molar-refractivity contribution is 5.98. The van der Waals surface area contributed by atoms with Gasteiger partial charge in [-0.05, 0) is 69.7 Å². The third kappa shape index (κ3) is 4.08. The highest BCUT2D eigenvalue weighted by Gasteiger charge is 2.39. The molecule has 1 amide bonds. The lowest BCUT2D eigenvalue weighted by atomic mass is 9.71. The molecule has 0 radical (unpaired) electrons. The Kier molecular flexibility index (Phi) is 5.36. The van der Waals surface area contributed by atoms with Crippen LogP contribution in [0.3, 0.4) is 0 Å². The number of nitrogens with two attached hydrogens (primary N) is 1. The molecular formula is C26H34N4O2. The van der Waals surface area contributed by atoms with Crippen molar-refractivity contribution in [1.82, 2.24) is 14.8 Å². The molecule has 3 aliphatic heterocycles. The van der Waals surface area contributed by atoms with Crippen LogP contribution in [-0.2, 0) is 13.0 Å². The van der Waals surface area contributed by atoms with Crippen molar-refractivity contribution in [2.75, 3.05) is 31.9 Å². The van der Waals surface area contributed by atoms with Crippen LogP contribution in [0.15, 0.2) is 36.7 Å². The van der Waals surface area contributed by atoms with Gasteiger partial charge in [-0.25, -0.2) is 0 Å². The van der Waals surface area contributed by atoms with Gasteiger partial charge in [0.25, 0.3) is 5.91 Å². The number of carbonyl (C=O) groups excluding carboxylic acids is 1. The number of likely N-dealkylation sites (tertiary alicyclic amines) is 2. The number of anilines is 1. The standard InChI is InChI=1S/C26H34N4O2/c1-25(2)16-19-4-3-5-20(23(19)32-25)18-29-12-7-26(8-13-29)9-14-30(15-10-26)24(31)21-6-11-28-17-22(21)27/h3-6,11,17H,7-10,12-16,18,27H2,1-2H3. The normalized spacial score (nSPS) is 21.9. The summed E-state index contributed by atoms with van der Waals surface area (Å²) in [6, 6.07) is 8.32. The summed E-state index contributed by atoms with van der Waals surface area (Å²) >= 11 is 0. The Morgan fingerprint density at radius 2 is 1.81 bits per heavy atom. The largest absolute Gasteiger partial charge is 0.487 e. The van der Waals surface area contributed by atoms with E-state index in [-0.39, 0.29) is 11.5 Å². The van der Waals surface area contributed by atoms with Crippen LogP contribution in [-0.4, -0.2) is 52.5 Å². The summed E-state index contributed by atoms with van der Waals surface area (Å²) < 4.78 is 6.28. The average molecular weight is 435 g/mol. The van der Waals surface area contributed by atoms with Gasteiger partial charge in [0.2, 0.25) is 0 Å². The van der Waals surface area contributed by atoms with Crippen molar-refractivity contribution in [2.45, 2.75) is 58.1 Å². The van der Waals surface area contributed by atoms with Gasteiger partial charge in [-0.2, -0.15) is 0 Å². The van der Waals surface area contributed by atoms with Crippen LogP contribution in [0.2, 0.25) is 0 Å². The zero-order valence-corrected chi connectivity index (χ0v) is 19.3. The van der Waals surface area contributed by atoms with E-state index in [1.165, 1.54) is 24.0 Å². The Morgan fingerprint density at radius 3 is 2.53 bits per heavy atom. The maximum atomic E-state index is 12.9. The number of ether oxygens (including phenoxy) is 1. The fourth-order valence-electron chi connectivity index (χ4n) is 5.69. The van der Waals surface area contributed by atoms with E-state index in [9.17, 15) is 4.79 Å². The number of nitrogens with zero attached hydrogens (tertiary/aromatic N) is 3. The lowest BCUT2D eigenvalue weighted by molar-refractivity contribution is 0.0282. The van der Waals surface area contributed by atoms with Gasteiger partial charge in [-0.1, -0.05) is 18.2 Å². The van der Waals surface area contributed by atoms with Crippen LogP contribution >= 0.6 is 0 Å². The second-order valence-corrected chi connectivity index (χ2v) is 10.5. The number of nitrogen functional groups attached to an aromatic ring is 1. The molecule has 32 heavy (non-hydrogen) atoms. The van der Waals surface area contributed by atoms with Gasteiger partial charge >= 0.3 is 0 Å². The summed E-state index contributed by atoms with van der Waals surface area (Å²) in [5.41, 5.74) is 9.93. The summed E-state index contributed by atoms with van der Waals surface area (Å²) in [6.07, 6.45) is 8.74. The van der Waals surface area contributed by atoms with Crippen molar-refractivity contribution in [3.8, 4) is 5.75 Å². The molecule has 5 rings (SSSR count). The first-order chi connectivity index (χ1) is 15.3. The van der Waals surface area contributed by atoms with Crippen molar-refractivity contribution in [3.63, 3.8) is 0 Å². The summed E-state index contributed by atoms with van der Waals surface area (Å²) in [7, 11) is 0. The maximum Gasteiger partial charge on any atom is 0.256 e. The molecule has 4 heterocycles. The fourth-order valence-corrected chi connectivity index (χ4v) is 5.69. The minimum Gasteiger partial charge on any atom is -0.487 e. The van der Waals surface area contributed by atoms with Crippen LogP contribution in [0, 0.1) is 5.41 Å². The van der Waals surface area contributed by atoms with E-state index < -0.39 is 0 Å². The fraction of sp³-hybridized carbons (Fsp3) is 0.538. The molecule has 2 aromatic rings. The van der Waals surface area contributed by atoms with Gasteiger partial charge < -0.3 is 15.4 Å². The second kappa shape index (κ2) is 8.07. The monoisotopic (exact) mass is 434 g/mol. The van der Waals surface area contributed by atoms with E-state index in [4.69, 9.17) is 10.5 Å². The first-order valence-corrected chi connectivity index (χ1v) is 11.9. The molecule has 0 atom stereocenters. The Bertz CT molecular complexity index is 1000. The third-order valence-electron chi connectivity index (χ3n) is 7.68. The van der Waals surface area contributed by atoms with Crippen LogP contribution in [0.5, 0.6) is 5.75 Å². The van der Waals surface area contributed by atoms with E-state index in [0.29, 0.717) is 16.7 Å². The van der Waals surface area contributed by atoms with Crippen molar-refractivity contribution in [2.24, 2.45) is 5.41 Å². The number of amides is 1. The number of fused-ring (bicyclic) bond motifs is 1. The van der Waals surface area contributed by atoms with E-state index in [2.05, 4.69) is 41.9 Å². The van der Waals surface area contributed by atoms with Gasteiger partial charge in [0, 0.05) is 37.8 Å². The smallest absolute Gasteiger partial charge is 0.256 e. The van der Waals surface area contributed by atoms with E-state index in [1.807, 2.05) is 4.90 Å². The Morgan fingerprint density at radius 1 is 1.09 bits per heavy atom. The predicted molar refractivity (Wildman–Crippen MR) is 126 cm³/mol. The molecule has 2 fully saturated rings. The summed E-state index contributed by atoms with van der Waals surface area (Å²) in [5, 5.41) is 0. The van der Waals surface area contributed by atoms with E-state index in [1.54, 1.807) is 18.5 Å².